The summed E-state index contributed by atoms with van der Waals surface area (Å²) < 4.78 is 13.4. The normalized spacial score (nSPS) is 32.5. The third-order valence-electron chi connectivity index (χ3n) is 5.01. The van der Waals surface area contributed by atoms with Crippen LogP contribution in [0.15, 0.2) is 30.5 Å². The first-order chi connectivity index (χ1) is 9.28. The van der Waals surface area contributed by atoms with E-state index in [0.717, 1.165) is 23.7 Å². The van der Waals surface area contributed by atoms with Crippen LogP contribution < -0.4 is 0 Å². The number of rotatable bonds is 2. The van der Waals surface area contributed by atoms with E-state index in [1.807, 2.05) is 12.3 Å². The average molecular weight is 257 g/mol. The summed E-state index contributed by atoms with van der Waals surface area (Å²) in [5.74, 6) is 2.21. The number of hydrogen-bond donors (Lipinski definition) is 1. The molecule has 2 unspecified atom stereocenters. The highest BCUT2D eigenvalue weighted by atomic mass is 19.1. The fourth-order valence-corrected chi connectivity index (χ4v) is 4.00. The summed E-state index contributed by atoms with van der Waals surface area (Å²) in [6, 6.07) is 6.85. The van der Waals surface area contributed by atoms with Crippen LogP contribution in [0, 0.1) is 23.6 Å². The maximum atomic E-state index is 13.4. The number of pyridine rings is 1. The molecule has 3 heteroatoms. The monoisotopic (exact) mass is 257 g/mol. The van der Waals surface area contributed by atoms with Crippen LogP contribution >= 0.6 is 0 Å². The fraction of sp³-hybridized carbons (Fsp3) is 0.438. The van der Waals surface area contributed by atoms with E-state index in [9.17, 15) is 9.50 Å². The van der Waals surface area contributed by atoms with Crippen LogP contribution in [-0.2, 0) is 0 Å². The predicted octanol–water partition coefficient (Wildman–Crippen LogP) is 3.11. The van der Waals surface area contributed by atoms with Gasteiger partial charge in [0.05, 0.1) is 5.52 Å². The maximum absolute atomic E-state index is 13.4. The quantitative estimate of drug-likeness (QED) is 0.896. The maximum Gasteiger partial charge on any atom is 0.123 e. The Morgan fingerprint density at radius 3 is 2.74 bits per heavy atom. The van der Waals surface area contributed by atoms with Crippen LogP contribution in [0.3, 0.4) is 0 Å². The number of fused-ring (bicyclic) bond motifs is 2. The molecule has 0 saturated heterocycles. The van der Waals surface area contributed by atoms with Gasteiger partial charge in [-0.2, -0.15) is 0 Å². The zero-order chi connectivity index (χ0) is 13.0. The van der Waals surface area contributed by atoms with Crippen molar-refractivity contribution in [3.63, 3.8) is 0 Å². The minimum absolute atomic E-state index is 0.196. The average Bonchev–Trinajstić information content (AvgIpc) is 2.90. The number of hydrogen-bond acceptors (Lipinski definition) is 2. The Kier molecular flexibility index (Phi) is 2.39. The van der Waals surface area contributed by atoms with Gasteiger partial charge in [0.15, 0.2) is 0 Å². The molecule has 0 amide bonds. The van der Waals surface area contributed by atoms with E-state index in [2.05, 4.69) is 4.98 Å². The van der Waals surface area contributed by atoms with E-state index in [-0.39, 0.29) is 5.82 Å². The summed E-state index contributed by atoms with van der Waals surface area (Å²) in [4.78, 5) is 4.31. The number of aliphatic hydroxyl groups is 1. The molecule has 0 aliphatic heterocycles. The third-order valence-corrected chi connectivity index (χ3v) is 5.01. The number of aromatic nitrogens is 1. The van der Waals surface area contributed by atoms with Gasteiger partial charge in [-0.25, -0.2) is 4.39 Å². The lowest BCUT2D eigenvalue weighted by molar-refractivity contribution is 0.254. The highest BCUT2D eigenvalue weighted by Crippen LogP contribution is 2.62. The van der Waals surface area contributed by atoms with Crippen LogP contribution in [0.25, 0.3) is 10.9 Å². The summed E-state index contributed by atoms with van der Waals surface area (Å²) in [5, 5.41) is 10.2. The molecule has 1 heterocycles. The molecule has 2 saturated carbocycles. The van der Waals surface area contributed by atoms with Gasteiger partial charge in [-0.3, -0.25) is 4.98 Å². The highest BCUT2D eigenvalue weighted by molar-refractivity contribution is 5.82. The minimum Gasteiger partial charge on any atom is -0.396 e. The Bertz CT molecular complexity index is 630. The van der Waals surface area contributed by atoms with Crippen molar-refractivity contribution < 1.29 is 9.50 Å². The molecule has 2 fully saturated rings. The molecule has 19 heavy (non-hydrogen) atoms. The second-order valence-electron chi connectivity index (χ2n) is 5.90. The van der Waals surface area contributed by atoms with Gasteiger partial charge in [0.2, 0.25) is 0 Å². The first kappa shape index (κ1) is 11.4. The van der Waals surface area contributed by atoms with Crippen molar-refractivity contribution in [1.29, 1.82) is 0 Å². The lowest BCUT2D eigenvalue weighted by atomic mass is 9.90. The second kappa shape index (κ2) is 4.01. The molecule has 2 nitrogen and oxygen atoms in total. The van der Waals surface area contributed by atoms with Crippen molar-refractivity contribution in [2.45, 2.75) is 18.8 Å². The van der Waals surface area contributed by atoms with Crippen molar-refractivity contribution in [3.05, 3.63) is 41.8 Å². The number of benzene rings is 1. The van der Waals surface area contributed by atoms with Gasteiger partial charge in [0, 0.05) is 18.2 Å². The number of halogens is 1. The fourth-order valence-electron chi connectivity index (χ4n) is 4.00. The van der Waals surface area contributed by atoms with E-state index in [4.69, 9.17) is 0 Å². The van der Waals surface area contributed by atoms with Gasteiger partial charge in [-0.1, -0.05) is 0 Å². The van der Waals surface area contributed by atoms with Crippen molar-refractivity contribution >= 4 is 10.9 Å². The molecule has 98 valence electrons. The zero-order valence-electron chi connectivity index (χ0n) is 10.6. The van der Waals surface area contributed by atoms with Crippen LogP contribution in [-0.4, -0.2) is 16.7 Å². The van der Waals surface area contributed by atoms with E-state index < -0.39 is 0 Å². The highest BCUT2D eigenvalue weighted by Gasteiger charge is 2.55. The molecule has 2 aromatic rings. The van der Waals surface area contributed by atoms with Gasteiger partial charge in [-0.05, 0) is 66.3 Å². The zero-order valence-corrected chi connectivity index (χ0v) is 10.6. The van der Waals surface area contributed by atoms with Gasteiger partial charge in [-0.15, -0.1) is 0 Å². The molecule has 2 aliphatic rings. The third kappa shape index (κ3) is 1.68. The van der Waals surface area contributed by atoms with Gasteiger partial charge in [0.1, 0.15) is 5.82 Å². The van der Waals surface area contributed by atoms with Crippen molar-refractivity contribution in [1.82, 2.24) is 4.98 Å². The molecule has 1 aromatic heterocycles. The summed E-state index contributed by atoms with van der Waals surface area (Å²) in [7, 11) is 0. The largest absolute Gasteiger partial charge is 0.396 e. The summed E-state index contributed by atoms with van der Waals surface area (Å²) in [5.41, 5.74) is 2.10. The van der Waals surface area contributed by atoms with Crippen LogP contribution in [0.5, 0.6) is 0 Å². The Morgan fingerprint density at radius 2 is 2.00 bits per heavy atom. The van der Waals surface area contributed by atoms with Gasteiger partial charge >= 0.3 is 0 Å². The van der Waals surface area contributed by atoms with Crippen LogP contribution in [0.1, 0.15) is 24.3 Å². The Hall–Kier alpha value is -1.48. The first-order valence-electron chi connectivity index (χ1n) is 6.93. The standard InChI is InChI=1S/C16H16FNO/c17-10-1-2-16-14(7-10)11(3-4-18-16)9-5-12-13(6-9)15(12)8-19/h1-4,7,9,12-13,15,19H,5-6,8H2/t9?,12-,13+,15?. The molecule has 0 spiro atoms. The Morgan fingerprint density at radius 1 is 1.21 bits per heavy atom. The Labute approximate surface area is 111 Å². The van der Waals surface area contributed by atoms with Crippen LogP contribution in [0.4, 0.5) is 4.39 Å². The van der Waals surface area contributed by atoms with E-state index >= 15 is 0 Å². The van der Waals surface area contributed by atoms with E-state index in [1.165, 1.54) is 11.6 Å². The lowest BCUT2D eigenvalue weighted by Crippen LogP contribution is -2.03. The summed E-state index contributed by atoms with van der Waals surface area (Å²) >= 11 is 0. The summed E-state index contributed by atoms with van der Waals surface area (Å²) in [6.45, 7) is 0.327. The van der Waals surface area contributed by atoms with Crippen molar-refractivity contribution in [3.8, 4) is 0 Å². The molecular weight excluding hydrogens is 241 g/mol. The Balaban J connectivity index is 1.71. The molecular formula is C16H16FNO. The predicted molar refractivity (Wildman–Crippen MR) is 71.2 cm³/mol. The van der Waals surface area contributed by atoms with Crippen molar-refractivity contribution in [2.75, 3.05) is 6.61 Å². The van der Waals surface area contributed by atoms with Gasteiger partial charge in [0.25, 0.3) is 0 Å². The number of aliphatic hydroxyl groups excluding tert-OH is 1. The van der Waals surface area contributed by atoms with E-state index in [1.54, 1.807) is 12.1 Å². The molecule has 1 aromatic carbocycles. The number of nitrogens with zero attached hydrogens (tertiary/aromatic N) is 1. The van der Waals surface area contributed by atoms with Crippen molar-refractivity contribution in [2.24, 2.45) is 17.8 Å². The summed E-state index contributed by atoms with van der Waals surface area (Å²) in [6.07, 6.45) is 4.08. The SMILES string of the molecule is OCC1[C@H]2CC(c3ccnc4ccc(F)cc34)C[C@@H]12. The second-order valence-corrected chi connectivity index (χ2v) is 5.90. The van der Waals surface area contributed by atoms with Crippen LogP contribution in [0.2, 0.25) is 0 Å². The topological polar surface area (TPSA) is 33.1 Å². The molecule has 2 aliphatic carbocycles. The molecule has 4 rings (SSSR count). The minimum atomic E-state index is -0.196. The first-order valence-corrected chi connectivity index (χ1v) is 6.93. The molecule has 0 radical (unpaired) electrons. The smallest absolute Gasteiger partial charge is 0.123 e. The lowest BCUT2D eigenvalue weighted by Gasteiger charge is -2.16. The molecule has 4 atom stereocenters. The molecule has 0 bridgehead atoms. The molecule has 1 N–H and O–H groups in total. The van der Waals surface area contributed by atoms with E-state index in [0.29, 0.717) is 30.3 Å². The van der Waals surface area contributed by atoms with Gasteiger partial charge < -0.3 is 5.11 Å².